The predicted octanol–water partition coefficient (Wildman–Crippen LogP) is 3.91. The fourth-order valence-electron chi connectivity index (χ4n) is 2.64. The summed E-state index contributed by atoms with van der Waals surface area (Å²) >= 11 is 0. The van der Waals surface area contributed by atoms with Crippen molar-refractivity contribution in [2.24, 2.45) is 5.92 Å². The van der Waals surface area contributed by atoms with Gasteiger partial charge in [0.2, 0.25) is 0 Å². The van der Waals surface area contributed by atoms with Crippen LogP contribution < -0.4 is 0 Å². The topological polar surface area (TPSA) is 26.0 Å². The average Bonchev–Trinajstić information content (AvgIpc) is 2.65. The zero-order chi connectivity index (χ0) is 11.8. The Morgan fingerprint density at radius 1 is 1.18 bits per heavy atom. The van der Waals surface area contributed by atoms with Crippen LogP contribution >= 0.6 is 0 Å². The molecule has 2 nitrogen and oxygen atoms in total. The van der Waals surface area contributed by atoms with Crippen molar-refractivity contribution in [3.05, 3.63) is 29.2 Å². The van der Waals surface area contributed by atoms with Gasteiger partial charge in [-0.1, -0.05) is 13.8 Å². The van der Waals surface area contributed by atoms with Crippen molar-refractivity contribution in [2.45, 2.75) is 46.0 Å². The number of fused-ring (bicyclic) bond motifs is 2. The maximum Gasteiger partial charge on any atom is 0.195 e. The predicted molar refractivity (Wildman–Crippen MR) is 69.2 cm³/mol. The maximum absolute atomic E-state index is 5.83. The molecule has 1 aliphatic rings. The van der Waals surface area contributed by atoms with Gasteiger partial charge in [0.05, 0.1) is 0 Å². The molecule has 1 heterocycles. The number of hydrogen-bond acceptors (Lipinski definition) is 2. The number of oxazole rings is 1. The SMILES string of the molecule is CC(C)Cc1nc2cc3c(cc2o1)CCCC3. The molecule has 2 aromatic rings. The van der Waals surface area contributed by atoms with Gasteiger partial charge in [-0.25, -0.2) is 4.98 Å². The summed E-state index contributed by atoms with van der Waals surface area (Å²) in [4.78, 5) is 4.59. The molecule has 3 rings (SSSR count). The smallest absolute Gasteiger partial charge is 0.195 e. The van der Waals surface area contributed by atoms with Crippen molar-refractivity contribution in [2.75, 3.05) is 0 Å². The number of nitrogens with zero attached hydrogens (tertiary/aromatic N) is 1. The molecule has 1 aliphatic carbocycles. The van der Waals surface area contributed by atoms with Crippen molar-refractivity contribution in [1.29, 1.82) is 0 Å². The van der Waals surface area contributed by atoms with E-state index in [0.717, 1.165) is 23.4 Å². The Kier molecular flexibility index (Phi) is 2.65. The fourth-order valence-corrected chi connectivity index (χ4v) is 2.64. The highest BCUT2D eigenvalue weighted by Crippen LogP contribution is 2.27. The standard InChI is InChI=1S/C15H19NO/c1-10(2)7-15-16-13-8-11-5-3-4-6-12(11)9-14(13)17-15/h8-10H,3-7H2,1-2H3. The van der Waals surface area contributed by atoms with Gasteiger partial charge < -0.3 is 4.42 Å². The molecule has 1 aromatic carbocycles. The first-order valence-corrected chi connectivity index (χ1v) is 6.63. The molecule has 0 fully saturated rings. The van der Waals surface area contributed by atoms with Crippen molar-refractivity contribution in [3.8, 4) is 0 Å². The summed E-state index contributed by atoms with van der Waals surface area (Å²) in [5.41, 5.74) is 4.96. The lowest BCUT2D eigenvalue weighted by Gasteiger charge is -2.14. The van der Waals surface area contributed by atoms with Crippen LogP contribution in [-0.2, 0) is 19.3 Å². The van der Waals surface area contributed by atoms with Crippen molar-refractivity contribution >= 4 is 11.1 Å². The highest BCUT2D eigenvalue weighted by atomic mass is 16.3. The Balaban J connectivity index is 2.03. The maximum atomic E-state index is 5.83. The Bertz CT molecular complexity index is 496. The quantitative estimate of drug-likeness (QED) is 0.780. The summed E-state index contributed by atoms with van der Waals surface area (Å²) in [6.07, 6.45) is 5.96. The van der Waals surface area contributed by atoms with Crippen molar-refractivity contribution < 1.29 is 4.42 Å². The van der Waals surface area contributed by atoms with E-state index in [0.29, 0.717) is 5.92 Å². The van der Waals surface area contributed by atoms with Crippen LogP contribution in [-0.4, -0.2) is 4.98 Å². The third-order valence-electron chi connectivity index (χ3n) is 3.48. The number of rotatable bonds is 2. The first kappa shape index (κ1) is 10.8. The van der Waals surface area contributed by atoms with E-state index < -0.39 is 0 Å². The third kappa shape index (κ3) is 2.08. The second-order valence-corrected chi connectivity index (χ2v) is 5.50. The lowest BCUT2D eigenvalue weighted by atomic mass is 9.91. The molecule has 90 valence electrons. The molecule has 0 aliphatic heterocycles. The van der Waals surface area contributed by atoms with Crippen LogP contribution in [0.25, 0.3) is 11.1 Å². The van der Waals surface area contributed by atoms with Gasteiger partial charge in [0.1, 0.15) is 5.52 Å². The summed E-state index contributed by atoms with van der Waals surface area (Å²) < 4.78 is 5.83. The highest BCUT2D eigenvalue weighted by molar-refractivity contribution is 5.75. The second kappa shape index (κ2) is 4.17. The lowest BCUT2D eigenvalue weighted by molar-refractivity contribution is 0.482. The second-order valence-electron chi connectivity index (χ2n) is 5.50. The van der Waals surface area contributed by atoms with Crippen molar-refractivity contribution in [3.63, 3.8) is 0 Å². The van der Waals surface area contributed by atoms with Crippen LogP contribution in [0.4, 0.5) is 0 Å². The van der Waals surface area contributed by atoms with Crippen LogP contribution in [0.5, 0.6) is 0 Å². The minimum atomic E-state index is 0.595. The molecule has 0 radical (unpaired) electrons. The fraction of sp³-hybridized carbons (Fsp3) is 0.533. The van der Waals surface area contributed by atoms with Gasteiger partial charge >= 0.3 is 0 Å². The molecule has 2 heteroatoms. The first-order chi connectivity index (χ1) is 8.22. The summed E-state index contributed by atoms with van der Waals surface area (Å²) in [6.45, 7) is 4.39. The minimum Gasteiger partial charge on any atom is -0.441 e. The normalized spacial score (nSPS) is 15.5. The Morgan fingerprint density at radius 2 is 1.88 bits per heavy atom. The molecule has 1 aromatic heterocycles. The van der Waals surface area contributed by atoms with E-state index in [-0.39, 0.29) is 0 Å². The summed E-state index contributed by atoms with van der Waals surface area (Å²) in [5.74, 6) is 1.48. The van der Waals surface area contributed by atoms with Crippen LogP contribution in [0, 0.1) is 5.92 Å². The molecular weight excluding hydrogens is 210 g/mol. The van der Waals surface area contributed by atoms with E-state index in [2.05, 4.69) is 31.0 Å². The van der Waals surface area contributed by atoms with Gasteiger partial charge in [0.15, 0.2) is 11.5 Å². The molecule has 17 heavy (non-hydrogen) atoms. The molecule has 0 saturated heterocycles. The molecular formula is C15H19NO. The molecule has 0 atom stereocenters. The first-order valence-electron chi connectivity index (χ1n) is 6.63. The molecule has 0 saturated carbocycles. The van der Waals surface area contributed by atoms with Gasteiger partial charge in [-0.15, -0.1) is 0 Å². The molecule has 0 N–H and O–H groups in total. The van der Waals surface area contributed by atoms with Crippen LogP contribution in [0.2, 0.25) is 0 Å². The Hall–Kier alpha value is -1.31. The molecule has 0 amide bonds. The molecule has 0 spiro atoms. The molecule has 0 unspecified atom stereocenters. The minimum absolute atomic E-state index is 0.595. The van der Waals surface area contributed by atoms with Gasteiger partial charge in [-0.2, -0.15) is 0 Å². The van der Waals surface area contributed by atoms with E-state index in [9.17, 15) is 0 Å². The summed E-state index contributed by atoms with van der Waals surface area (Å²) in [5, 5.41) is 0. The summed E-state index contributed by atoms with van der Waals surface area (Å²) in [7, 11) is 0. The highest BCUT2D eigenvalue weighted by Gasteiger charge is 2.14. The van der Waals surface area contributed by atoms with Crippen LogP contribution in [0.3, 0.4) is 0 Å². The van der Waals surface area contributed by atoms with E-state index in [4.69, 9.17) is 4.42 Å². The molecule has 0 bridgehead atoms. The van der Waals surface area contributed by atoms with Gasteiger partial charge in [0, 0.05) is 6.42 Å². The van der Waals surface area contributed by atoms with Crippen LogP contribution in [0.15, 0.2) is 16.5 Å². The van der Waals surface area contributed by atoms with Gasteiger partial charge in [-0.05, 0) is 54.9 Å². The van der Waals surface area contributed by atoms with Gasteiger partial charge in [-0.3, -0.25) is 0 Å². The Labute approximate surface area is 102 Å². The number of benzene rings is 1. The van der Waals surface area contributed by atoms with Gasteiger partial charge in [0.25, 0.3) is 0 Å². The zero-order valence-corrected chi connectivity index (χ0v) is 10.6. The van der Waals surface area contributed by atoms with Crippen LogP contribution in [0.1, 0.15) is 43.7 Å². The number of aryl methyl sites for hydroxylation is 2. The number of hydrogen-bond donors (Lipinski definition) is 0. The van der Waals surface area contributed by atoms with E-state index in [1.54, 1.807) is 0 Å². The average molecular weight is 229 g/mol. The van der Waals surface area contributed by atoms with E-state index >= 15 is 0 Å². The summed E-state index contributed by atoms with van der Waals surface area (Å²) in [6, 6.07) is 4.44. The number of aromatic nitrogens is 1. The monoisotopic (exact) mass is 229 g/mol. The largest absolute Gasteiger partial charge is 0.441 e. The zero-order valence-electron chi connectivity index (χ0n) is 10.6. The van der Waals surface area contributed by atoms with E-state index in [1.165, 1.54) is 36.8 Å². The Morgan fingerprint density at radius 3 is 2.59 bits per heavy atom. The van der Waals surface area contributed by atoms with Crippen molar-refractivity contribution in [1.82, 2.24) is 4.98 Å². The van der Waals surface area contributed by atoms with E-state index in [1.807, 2.05) is 0 Å². The lowest BCUT2D eigenvalue weighted by Crippen LogP contribution is -2.01. The third-order valence-corrected chi connectivity index (χ3v) is 3.48.